The van der Waals surface area contributed by atoms with Crippen molar-refractivity contribution in [3.05, 3.63) is 35.4 Å². The van der Waals surface area contributed by atoms with Crippen LogP contribution in [0.5, 0.6) is 0 Å². The molecule has 1 aliphatic rings. The van der Waals surface area contributed by atoms with Gasteiger partial charge in [0.1, 0.15) is 11.6 Å². The number of carbonyl (C=O) groups is 1. The quantitative estimate of drug-likeness (QED) is 0.921. The third-order valence-electron chi connectivity index (χ3n) is 3.53. The van der Waals surface area contributed by atoms with Crippen LogP contribution < -0.4 is 5.32 Å². The minimum Gasteiger partial charge on any atom is -0.340 e. The van der Waals surface area contributed by atoms with E-state index in [1.54, 1.807) is 4.90 Å². The number of hydrogen-bond acceptors (Lipinski definition) is 2. The maximum atomic E-state index is 13.5. The van der Waals surface area contributed by atoms with Crippen LogP contribution in [0.25, 0.3) is 0 Å². The molecule has 1 aromatic carbocycles. The highest BCUT2D eigenvalue weighted by Crippen LogP contribution is 2.13. The largest absolute Gasteiger partial charge is 0.340 e. The highest BCUT2D eigenvalue weighted by Gasteiger charge is 2.24. The second kappa shape index (κ2) is 6.31. The molecule has 0 saturated carbocycles. The fourth-order valence-corrected chi connectivity index (χ4v) is 2.67. The molecule has 1 amide bonds. The van der Waals surface area contributed by atoms with Crippen LogP contribution in [0.3, 0.4) is 0 Å². The molecule has 0 aromatic heterocycles. The Morgan fingerprint density at radius 1 is 1.30 bits per heavy atom. The second-order valence-corrected chi connectivity index (χ2v) is 5.50. The van der Waals surface area contributed by atoms with Gasteiger partial charge in [-0.1, -0.05) is 0 Å². The summed E-state index contributed by atoms with van der Waals surface area (Å²) in [4.78, 5) is 13.9. The lowest BCUT2D eigenvalue weighted by molar-refractivity contribution is -0.132. The highest BCUT2D eigenvalue weighted by molar-refractivity contribution is 5.76. The molecule has 5 heteroatoms. The van der Waals surface area contributed by atoms with E-state index in [0.29, 0.717) is 13.1 Å². The number of amides is 1. The van der Waals surface area contributed by atoms with Crippen molar-refractivity contribution in [2.75, 3.05) is 13.1 Å². The summed E-state index contributed by atoms with van der Waals surface area (Å²) in [6.07, 6.45) is 0.439. The first-order valence-electron chi connectivity index (χ1n) is 6.93. The summed E-state index contributed by atoms with van der Waals surface area (Å²) in [7, 11) is 0. The fourth-order valence-electron chi connectivity index (χ4n) is 2.67. The van der Waals surface area contributed by atoms with Gasteiger partial charge in [-0.05, 0) is 44.0 Å². The van der Waals surface area contributed by atoms with Crippen molar-refractivity contribution < 1.29 is 13.6 Å². The number of halogens is 2. The number of piperazine rings is 1. The predicted molar refractivity (Wildman–Crippen MR) is 73.3 cm³/mol. The van der Waals surface area contributed by atoms with E-state index in [4.69, 9.17) is 0 Å². The first-order chi connectivity index (χ1) is 9.45. The van der Waals surface area contributed by atoms with Crippen LogP contribution in [-0.4, -0.2) is 36.0 Å². The zero-order valence-electron chi connectivity index (χ0n) is 11.8. The smallest absolute Gasteiger partial charge is 0.223 e. The molecule has 1 fully saturated rings. The van der Waals surface area contributed by atoms with Gasteiger partial charge in [0.05, 0.1) is 0 Å². The zero-order chi connectivity index (χ0) is 14.7. The molecular weight excluding hydrogens is 262 g/mol. The van der Waals surface area contributed by atoms with Crippen molar-refractivity contribution in [2.24, 2.45) is 0 Å². The molecule has 110 valence electrons. The summed E-state index contributed by atoms with van der Waals surface area (Å²) in [6, 6.07) is 3.86. The Bertz CT molecular complexity index is 483. The molecule has 1 aromatic rings. The number of nitrogens with zero attached hydrogens (tertiary/aromatic N) is 1. The van der Waals surface area contributed by atoms with E-state index in [1.807, 2.05) is 13.8 Å². The monoisotopic (exact) mass is 282 g/mol. The molecule has 20 heavy (non-hydrogen) atoms. The van der Waals surface area contributed by atoms with E-state index >= 15 is 0 Å². The Morgan fingerprint density at radius 2 is 1.95 bits per heavy atom. The lowest BCUT2D eigenvalue weighted by Gasteiger charge is -2.36. The number of hydrogen-bond donors (Lipinski definition) is 1. The Hall–Kier alpha value is -1.49. The van der Waals surface area contributed by atoms with Gasteiger partial charge in [-0.25, -0.2) is 8.78 Å². The van der Waals surface area contributed by atoms with Crippen LogP contribution in [0.15, 0.2) is 18.2 Å². The van der Waals surface area contributed by atoms with E-state index in [-0.39, 0.29) is 36.4 Å². The molecule has 0 spiro atoms. The van der Waals surface area contributed by atoms with Gasteiger partial charge in [0.2, 0.25) is 5.91 Å². The Morgan fingerprint density at radius 3 is 2.60 bits per heavy atom. The summed E-state index contributed by atoms with van der Waals surface area (Å²) in [6.45, 7) is 5.38. The Labute approximate surface area is 118 Å². The van der Waals surface area contributed by atoms with Crippen LogP contribution in [-0.2, 0) is 11.2 Å². The lowest BCUT2D eigenvalue weighted by Crippen LogP contribution is -2.55. The minimum absolute atomic E-state index is 0.00568. The Kier molecular flexibility index (Phi) is 4.70. The number of aryl methyl sites for hydroxylation is 1. The van der Waals surface area contributed by atoms with Crippen molar-refractivity contribution in [3.8, 4) is 0 Å². The number of benzene rings is 1. The summed E-state index contributed by atoms with van der Waals surface area (Å²) in [5.74, 6) is -0.937. The molecule has 0 bridgehead atoms. The topological polar surface area (TPSA) is 32.3 Å². The van der Waals surface area contributed by atoms with Gasteiger partial charge >= 0.3 is 0 Å². The molecule has 0 radical (unpaired) electrons. The minimum atomic E-state index is -0.474. The van der Waals surface area contributed by atoms with Gasteiger partial charge in [0.25, 0.3) is 0 Å². The standard InChI is InChI=1S/C15H20F2N2O/c1-10-8-19(9-11(2)18-10)15(20)6-3-12-7-13(16)4-5-14(12)17/h4-5,7,10-11,18H,3,6,8-9H2,1-2H3/t10-,11+. The molecule has 3 nitrogen and oxygen atoms in total. The van der Waals surface area contributed by atoms with Crippen LogP contribution in [0.2, 0.25) is 0 Å². The van der Waals surface area contributed by atoms with E-state index in [9.17, 15) is 13.6 Å². The predicted octanol–water partition coefficient (Wildman–Crippen LogP) is 2.11. The third-order valence-corrected chi connectivity index (χ3v) is 3.53. The second-order valence-electron chi connectivity index (χ2n) is 5.50. The molecule has 1 heterocycles. The average molecular weight is 282 g/mol. The van der Waals surface area contributed by atoms with Gasteiger partial charge in [-0.3, -0.25) is 4.79 Å². The van der Waals surface area contributed by atoms with Crippen molar-refractivity contribution >= 4 is 5.91 Å². The van der Waals surface area contributed by atoms with Gasteiger partial charge in [0, 0.05) is 31.6 Å². The van der Waals surface area contributed by atoms with Gasteiger partial charge < -0.3 is 10.2 Å². The van der Waals surface area contributed by atoms with Crippen LogP contribution in [0.1, 0.15) is 25.8 Å². The summed E-state index contributed by atoms with van der Waals surface area (Å²) < 4.78 is 26.5. The van der Waals surface area contributed by atoms with Gasteiger partial charge in [-0.15, -0.1) is 0 Å². The van der Waals surface area contributed by atoms with Crippen molar-refractivity contribution in [2.45, 2.75) is 38.8 Å². The third kappa shape index (κ3) is 3.76. The number of carbonyl (C=O) groups excluding carboxylic acids is 1. The molecule has 2 rings (SSSR count). The van der Waals surface area contributed by atoms with Crippen LogP contribution in [0, 0.1) is 11.6 Å². The molecule has 2 atom stereocenters. The van der Waals surface area contributed by atoms with Crippen molar-refractivity contribution in [3.63, 3.8) is 0 Å². The number of nitrogens with one attached hydrogen (secondary N) is 1. The Balaban J connectivity index is 1.93. The van der Waals surface area contributed by atoms with Gasteiger partial charge in [0.15, 0.2) is 0 Å². The molecule has 1 N–H and O–H groups in total. The van der Waals surface area contributed by atoms with Crippen LogP contribution in [0.4, 0.5) is 8.78 Å². The highest BCUT2D eigenvalue weighted by atomic mass is 19.1. The normalized spacial score (nSPS) is 22.9. The molecular formula is C15H20F2N2O. The average Bonchev–Trinajstić information content (AvgIpc) is 2.38. The van der Waals surface area contributed by atoms with Crippen molar-refractivity contribution in [1.82, 2.24) is 10.2 Å². The SMILES string of the molecule is C[C@@H]1CN(C(=O)CCc2cc(F)ccc2F)C[C@H](C)N1. The van der Waals surface area contributed by atoms with E-state index < -0.39 is 11.6 Å². The summed E-state index contributed by atoms with van der Waals surface area (Å²) >= 11 is 0. The van der Waals surface area contributed by atoms with E-state index in [2.05, 4.69) is 5.32 Å². The molecule has 1 aliphatic heterocycles. The van der Waals surface area contributed by atoms with Gasteiger partial charge in [-0.2, -0.15) is 0 Å². The molecule has 1 saturated heterocycles. The zero-order valence-corrected chi connectivity index (χ0v) is 11.8. The van der Waals surface area contributed by atoms with E-state index in [1.165, 1.54) is 0 Å². The maximum Gasteiger partial charge on any atom is 0.223 e. The van der Waals surface area contributed by atoms with Crippen LogP contribution >= 0.6 is 0 Å². The molecule has 0 aliphatic carbocycles. The first-order valence-corrected chi connectivity index (χ1v) is 6.93. The van der Waals surface area contributed by atoms with Crippen molar-refractivity contribution in [1.29, 1.82) is 0 Å². The number of rotatable bonds is 3. The first kappa shape index (κ1) is 14.9. The maximum absolute atomic E-state index is 13.5. The summed E-state index contributed by atoms with van der Waals surface area (Å²) in [5, 5.41) is 3.35. The lowest BCUT2D eigenvalue weighted by atomic mass is 10.1. The fraction of sp³-hybridized carbons (Fsp3) is 0.533. The molecule has 0 unspecified atom stereocenters. The summed E-state index contributed by atoms with van der Waals surface area (Å²) in [5.41, 5.74) is 0.259. The van der Waals surface area contributed by atoms with E-state index in [0.717, 1.165) is 18.2 Å².